The first kappa shape index (κ1) is 18.1. The molecule has 2 aliphatic rings. The Labute approximate surface area is 173 Å². The average molecular weight is 410 g/mol. The van der Waals surface area contributed by atoms with E-state index in [-0.39, 0.29) is 5.91 Å². The molecule has 1 saturated carbocycles. The van der Waals surface area contributed by atoms with Crippen LogP contribution in [-0.4, -0.2) is 52.1 Å². The van der Waals surface area contributed by atoms with Gasteiger partial charge in [0.15, 0.2) is 0 Å². The molecule has 148 valence electrons. The van der Waals surface area contributed by atoms with E-state index in [0.29, 0.717) is 35.4 Å². The van der Waals surface area contributed by atoms with Crippen molar-refractivity contribution >= 4 is 23.3 Å². The van der Waals surface area contributed by atoms with Gasteiger partial charge in [-0.3, -0.25) is 4.79 Å². The summed E-state index contributed by atoms with van der Waals surface area (Å²) in [5, 5.41) is 4.63. The van der Waals surface area contributed by atoms with Gasteiger partial charge in [-0.2, -0.15) is 4.98 Å². The number of rotatable bonds is 4. The molecule has 2 aromatic heterocycles. The number of carbonyl (C=O) groups excluding carboxylic acids is 1. The Kier molecular flexibility index (Phi) is 4.67. The molecule has 0 atom stereocenters. The largest absolute Gasteiger partial charge is 0.353 e. The summed E-state index contributed by atoms with van der Waals surface area (Å²) in [6, 6.07) is 11.0. The van der Waals surface area contributed by atoms with Crippen molar-refractivity contribution in [1.82, 2.24) is 20.0 Å². The standard InChI is InChI=1S/C21H20ClN5O2/c22-17-3-1-2-15(12-17)21(28)27-10-8-26(9-11-27)18-7-6-16(13-23-18)19-24-20(29-25-19)14-4-5-14/h1-3,6-7,12-14H,4-5,8-11H2. The van der Waals surface area contributed by atoms with E-state index in [4.69, 9.17) is 16.1 Å². The minimum Gasteiger partial charge on any atom is -0.353 e. The molecule has 0 N–H and O–H groups in total. The van der Waals surface area contributed by atoms with Crippen LogP contribution in [0.3, 0.4) is 0 Å². The second kappa shape index (κ2) is 7.48. The summed E-state index contributed by atoms with van der Waals surface area (Å²) in [6.45, 7) is 2.74. The van der Waals surface area contributed by atoms with Crippen LogP contribution in [-0.2, 0) is 0 Å². The van der Waals surface area contributed by atoms with Gasteiger partial charge in [0.2, 0.25) is 11.7 Å². The van der Waals surface area contributed by atoms with Crippen molar-refractivity contribution in [1.29, 1.82) is 0 Å². The van der Waals surface area contributed by atoms with Crippen LogP contribution in [0.5, 0.6) is 0 Å². The van der Waals surface area contributed by atoms with Crippen LogP contribution >= 0.6 is 11.6 Å². The molecule has 1 aliphatic heterocycles. The lowest BCUT2D eigenvalue weighted by atomic mass is 10.2. The smallest absolute Gasteiger partial charge is 0.254 e. The molecule has 1 aliphatic carbocycles. The van der Waals surface area contributed by atoms with Gasteiger partial charge in [-0.1, -0.05) is 22.8 Å². The quantitative estimate of drug-likeness (QED) is 0.655. The number of pyridine rings is 1. The van der Waals surface area contributed by atoms with Crippen LogP contribution in [0.1, 0.15) is 35.0 Å². The summed E-state index contributed by atoms with van der Waals surface area (Å²) in [7, 11) is 0. The lowest BCUT2D eigenvalue weighted by molar-refractivity contribution is 0.0746. The lowest BCUT2D eigenvalue weighted by Gasteiger charge is -2.35. The fourth-order valence-corrected chi connectivity index (χ4v) is 3.69. The Balaban J connectivity index is 1.22. The van der Waals surface area contributed by atoms with E-state index in [2.05, 4.69) is 20.0 Å². The Hall–Kier alpha value is -2.93. The molecule has 1 amide bonds. The van der Waals surface area contributed by atoms with E-state index in [1.54, 1.807) is 30.5 Å². The molecule has 3 heterocycles. The summed E-state index contributed by atoms with van der Waals surface area (Å²) in [6.07, 6.45) is 4.04. The highest BCUT2D eigenvalue weighted by Gasteiger charge is 2.30. The zero-order valence-electron chi connectivity index (χ0n) is 15.8. The van der Waals surface area contributed by atoms with Gasteiger partial charge >= 0.3 is 0 Å². The minimum atomic E-state index is 0.0130. The maximum absolute atomic E-state index is 12.7. The predicted octanol–water partition coefficient (Wildman–Crippen LogP) is 3.62. The number of aromatic nitrogens is 3. The van der Waals surface area contributed by atoms with E-state index in [9.17, 15) is 4.79 Å². The van der Waals surface area contributed by atoms with Crippen LogP contribution in [0, 0.1) is 0 Å². The zero-order valence-corrected chi connectivity index (χ0v) is 16.5. The first-order valence-corrected chi connectivity index (χ1v) is 10.1. The summed E-state index contributed by atoms with van der Waals surface area (Å²) in [4.78, 5) is 25.7. The summed E-state index contributed by atoms with van der Waals surface area (Å²) < 4.78 is 5.32. The number of halogens is 1. The number of piperazine rings is 1. The van der Waals surface area contributed by atoms with Crippen molar-refractivity contribution in [2.75, 3.05) is 31.1 Å². The molecule has 0 unspecified atom stereocenters. The Morgan fingerprint density at radius 2 is 1.93 bits per heavy atom. The SMILES string of the molecule is O=C(c1cccc(Cl)c1)N1CCN(c2ccc(-c3noc(C4CC4)n3)cn2)CC1. The predicted molar refractivity (Wildman–Crippen MR) is 109 cm³/mol. The number of nitrogens with zero attached hydrogens (tertiary/aromatic N) is 5. The molecule has 7 nitrogen and oxygen atoms in total. The van der Waals surface area contributed by atoms with Gasteiger partial charge in [-0.05, 0) is 43.2 Å². The summed E-state index contributed by atoms with van der Waals surface area (Å²) >= 11 is 6.01. The number of amides is 1. The molecule has 0 radical (unpaired) electrons. The molecule has 8 heteroatoms. The lowest BCUT2D eigenvalue weighted by Crippen LogP contribution is -2.49. The zero-order chi connectivity index (χ0) is 19.8. The number of hydrogen-bond donors (Lipinski definition) is 0. The van der Waals surface area contributed by atoms with Crippen molar-refractivity contribution in [3.05, 3.63) is 59.1 Å². The number of carbonyl (C=O) groups is 1. The van der Waals surface area contributed by atoms with Crippen molar-refractivity contribution in [3.63, 3.8) is 0 Å². The van der Waals surface area contributed by atoms with Gasteiger partial charge in [-0.15, -0.1) is 0 Å². The average Bonchev–Trinajstić information content (AvgIpc) is 3.50. The van der Waals surface area contributed by atoms with Crippen LogP contribution in [0.25, 0.3) is 11.4 Å². The third kappa shape index (κ3) is 3.82. The molecule has 5 rings (SSSR count). The first-order valence-electron chi connectivity index (χ1n) is 9.77. The molecule has 29 heavy (non-hydrogen) atoms. The van der Waals surface area contributed by atoms with E-state index in [1.165, 1.54) is 0 Å². The number of hydrogen-bond acceptors (Lipinski definition) is 6. The molecule has 2 fully saturated rings. The Bertz CT molecular complexity index is 1020. The van der Waals surface area contributed by atoms with Crippen molar-refractivity contribution in [2.45, 2.75) is 18.8 Å². The highest BCUT2D eigenvalue weighted by molar-refractivity contribution is 6.30. The van der Waals surface area contributed by atoms with Crippen molar-refractivity contribution < 1.29 is 9.32 Å². The van der Waals surface area contributed by atoms with E-state index in [1.807, 2.05) is 17.0 Å². The third-order valence-electron chi connectivity index (χ3n) is 5.34. The number of benzene rings is 1. The Morgan fingerprint density at radius 1 is 1.10 bits per heavy atom. The van der Waals surface area contributed by atoms with Crippen LogP contribution in [0.4, 0.5) is 5.82 Å². The van der Waals surface area contributed by atoms with Gasteiger partial charge in [0.25, 0.3) is 5.91 Å². The topological polar surface area (TPSA) is 75.4 Å². The molecule has 1 saturated heterocycles. The molecule has 0 bridgehead atoms. The first-order chi connectivity index (χ1) is 14.2. The fourth-order valence-electron chi connectivity index (χ4n) is 3.50. The van der Waals surface area contributed by atoms with Gasteiger partial charge in [0, 0.05) is 54.4 Å². The molecular formula is C21H20ClN5O2. The second-order valence-electron chi connectivity index (χ2n) is 7.43. The summed E-state index contributed by atoms with van der Waals surface area (Å²) in [5.74, 6) is 2.65. The summed E-state index contributed by atoms with van der Waals surface area (Å²) in [5.41, 5.74) is 1.47. The molecule has 3 aromatic rings. The van der Waals surface area contributed by atoms with E-state index in [0.717, 1.165) is 43.2 Å². The van der Waals surface area contributed by atoms with Crippen LogP contribution in [0.2, 0.25) is 5.02 Å². The molecule has 0 spiro atoms. The second-order valence-corrected chi connectivity index (χ2v) is 7.86. The minimum absolute atomic E-state index is 0.0130. The van der Waals surface area contributed by atoms with Crippen molar-refractivity contribution in [3.8, 4) is 11.4 Å². The van der Waals surface area contributed by atoms with Crippen LogP contribution in [0.15, 0.2) is 47.1 Å². The van der Waals surface area contributed by atoms with Gasteiger partial charge < -0.3 is 14.3 Å². The fraction of sp³-hybridized carbons (Fsp3) is 0.333. The monoisotopic (exact) mass is 409 g/mol. The van der Waals surface area contributed by atoms with Gasteiger partial charge in [0.05, 0.1) is 0 Å². The normalized spacial score (nSPS) is 16.9. The highest BCUT2D eigenvalue weighted by Crippen LogP contribution is 2.39. The van der Waals surface area contributed by atoms with Gasteiger partial charge in [0.1, 0.15) is 5.82 Å². The number of anilines is 1. The molecule has 1 aromatic carbocycles. The maximum atomic E-state index is 12.7. The Morgan fingerprint density at radius 3 is 2.62 bits per heavy atom. The molecular weight excluding hydrogens is 390 g/mol. The third-order valence-corrected chi connectivity index (χ3v) is 5.57. The highest BCUT2D eigenvalue weighted by atomic mass is 35.5. The van der Waals surface area contributed by atoms with Crippen molar-refractivity contribution in [2.24, 2.45) is 0 Å². The van der Waals surface area contributed by atoms with Crippen LogP contribution < -0.4 is 4.90 Å². The van der Waals surface area contributed by atoms with Gasteiger partial charge in [-0.25, -0.2) is 4.98 Å². The van der Waals surface area contributed by atoms with E-state index < -0.39 is 0 Å². The van der Waals surface area contributed by atoms with E-state index >= 15 is 0 Å². The maximum Gasteiger partial charge on any atom is 0.254 e.